The molecule has 7 heteroatoms. The van der Waals surface area contributed by atoms with E-state index in [1.54, 1.807) is 6.92 Å². The van der Waals surface area contributed by atoms with E-state index < -0.39 is 5.51 Å². The van der Waals surface area contributed by atoms with Crippen LogP contribution in [0.15, 0.2) is 0 Å². The third kappa shape index (κ3) is 8.42. The smallest absolute Gasteiger partial charge is 0.354 e. The summed E-state index contributed by atoms with van der Waals surface area (Å²) in [7, 11) is 0. The number of amides is 1. The molecule has 1 atom stereocenters. The van der Waals surface area contributed by atoms with E-state index in [4.69, 9.17) is 0 Å². The van der Waals surface area contributed by atoms with Crippen molar-refractivity contribution in [2.75, 3.05) is 12.3 Å². The lowest BCUT2D eigenvalue weighted by atomic mass is 10.4. The zero-order valence-electron chi connectivity index (χ0n) is 6.82. The molecular formula is C6H9BrF3NOS. The maximum Gasteiger partial charge on any atom is 0.441 e. The van der Waals surface area contributed by atoms with E-state index in [9.17, 15) is 18.0 Å². The largest absolute Gasteiger partial charge is 0.441 e. The number of thioether (sulfide) groups is 1. The molecule has 0 radical (unpaired) electrons. The zero-order chi connectivity index (χ0) is 10.5. The van der Waals surface area contributed by atoms with Gasteiger partial charge in [-0.3, -0.25) is 4.79 Å². The molecule has 2 nitrogen and oxygen atoms in total. The van der Waals surface area contributed by atoms with E-state index in [-0.39, 0.29) is 34.8 Å². The Morgan fingerprint density at radius 1 is 1.62 bits per heavy atom. The molecule has 0 rings (SSSR count). The molecule has 1 N–H and O–H groups in total. The second-order valence-corrected chi connectivity index (χ2v) is 4.73. The summed E-state index contributed by atoms with van der Waals surface area (Å²) in [5.74, 6) is -0.461. The summed E-state index contributed by atoms with van der Waals surface area (Å²) in [5.41, 5.74) is -4.22. The van der Waals surface area contributed by atoms with Gasteiger partial charge in [0.1, 0.15) is 0 Å². The van der Waals surface area contributed by atoms with Crippen LogP contribution in [0.2, 0.25) is 0 Å². The fraction of sp³-hybridized carbons (Fsp3) is 0.833. The molecule has 0 bridgehead atoms. The van der Waals surface area contributed by atoms with Crippen LogP contribution in [0.1, 0.15) is 6.92 Å². The lowest BCUT2D eigenvalue weighted by Crippen LogP contribution is -2.31. The molecular weight excluding hydrogens is 271 g/mol. The molecule has 0 heterocycles. The first-order valence-corrected chi connectivity index (χ1v) is 5.35. The lowest BCUT2D eigenvalue weighted by Gasteiger charge is -2.07. The Morgan fingerprint density at radius 2 is 2.15 bits per heavy atom. The highest BCUT2D eigenvalue weighted by atomic mass is 79.9. The molecule has 78 valence electrons. The van der Waals surface area contributed by atoms with Crippen molar-refractivity contribution in [3.63, 3.8) is 0 Å². The number of carbonyl (C=O) groups excluding carboxylic acids is 1. The molecule has 0 aliphatic rings. The molecule has 0 aromatic carbocycles. The van der Waals surface area contributed by atoms with Gasteiger partial charge < -0.3 is 5.32 Å². The van der Waals surface area contributed by atoms with Gasteiger partial charge in [-0.1, -0.05) is 15.9 Å². The van der Waals surface area contributed by atoms with Crippen molar-refractivity contribution in [2.45, 2.75) is 17.3 Å². The highest BCUT2D eigenvalue weighted by Crippen LogP contribution is 2.29. The summed E-state index contributed by atoms with van der Waals surface area (Å²) < 4.78 is 34.7. The number of hydrogen-bond donors (Lipinski definition) is 1. The summed E-state index contributed by atoms with van der Waals surface area (Å²) in [6, 6.07) is 0. The summed E-state index contributed by atoms with van der Waals surface area (Å²) in [5, 5.41) is 2.35. The van der Waals surface area contributed by atoms with Crippen LogP contribution in [0.25, 0.3) is 0 Å². The van der Waals surface area contributed by atoms with Crippen molar-refractivity contribution in [2.24, 2.45) is 0 Å². The number of halogens is 4. The van der Waals surface area contributed by atoms with Crippen LogP contribution >= 0.6 is 27.7 Å². The molecule has 0 saturated carbocycles. The molecule has 0 aliphatic carbocycles. The number of hydrogen-bond acceptors (Lipinski definition) is 2. The van der Waals surface area contributed by atoms with Crippen LogP contribution < -0.4 is 5.32 Å². The average molecular weight is 280 g/mol. The summed E-state index contributed by atoms with van der Waals surface area (Å²) >= 11 is 2.85. The van der Waals surface area contributed by atoms with Crippen molar-refractivity contribution in [3.8, 4) is 0 Å². The highest BCUT2D eigenvalue weighted by molar-refractivity contribution is 9.10. The number of carbonyl (C=O) groups is 1. The molecule has 0 aromatic rings. The van der Waals surface area contributed by atoms with Crippen LogP contribution in [0, 0.1) is 0 Å². The Kier molecular flexibility index (Phi) is 5.78. The Hall–Kier alpha value is 0.0900. The second-order valence-electron chi connectivity index (χ2n) is 2.20. The Morgan fingerprint density at radius 3 is 2.54 bits per heavy atom. The predicted octanol–water partition coefficient (Wildman–Crippen LogP) is 2.14. The highest BCUT2D eigenvalue weighted by Gasteiger charge is 2.27. The van der Waals surface area contributed by atoms with Gasteiger partial charge in [0.05, 0.1) is 4.83 Å². The Bertz CT molecular complexity index is 174. The minimum atomic E-state index is -4.22. The standard InChI is InChI=1S/C6H9BrF3NOS/c1-4(7)5(12)11-2-3-13-6(8,9)10/h4H,2-3H2,1H3,(H,11,12). The summed E-state index contributed by atoms with van der Waals surface area (Å²) in [6.07, 6.45) is 0. The first-order chi connectivity index (χ1) is 5.83. The normalized spacial score (nSPS) is 13.9. The SMILES string of the molecule is CC(Br)C(=O)NCCSC(F)(F)F. The second kappa shape index (κ2) is 5.74. The summed E-state index contributed by atoms with van der Waals surface area (Å²) in [6.45, 7) is 1.63. The topological polar surface area (TPSA) is 29.1 Å². The van der Waals surface area contributed by atoms with Gasteiger partial charge in [-0.15, -0.1) is 0 Å². The molecule has 0 aliphatic heterocycles. The average Bonchev–Trinajstić information content (AvgIpc) is 1.95. The van der Waals surface area contributed by atoms with Crippen molar-refractivity contribution < 1.29 is 18.0 Å². The fourth-order valence-electron chi connectivity index (χ4n) is 0.482. The minimum absolute atomic E-state index is 0.0267. The van der Waals surface area contributed by atoms with Gasteiger partial charge in [-0.2, -0.15) is 13.2 Å². The van der Waals surface area contributed by atoms with E-state index in [0.29, 0.717) is 0 Å². The molecule has 1 unspecified atom stereocenters. The maximum atomic E-state index is 11.6. The van der Waals surface area contributed by atoms with Crippen LogP contribution in [0.5, 0.6) is 0 Å². The van der Waals surface area contributed by atoms with E-state index in [1.807, 2.05) is 0 Å². The monoisotopic (exact) mass is 279 g/mol. The van der Waals surface area contributed by atoms with Crippen molar-refractivity contribution >= 4 is 33.6 Å². The predicted molar refractivity (Wildman–Crippen MR) is 49.9 cm³/mol. The molecule has 0 spiro atoms. The van der Waals surface area contributed by atoms with Gasteiger partial charge >= 0.3 is 5.51 Å². The Balaban J connectivity index is 3.42. The first kappa shape index (κ1) is 13.1. The van der Waals surface area contributed by atoms with Crippen molar-refractivity contribution in [1.29, 1.82) is 0 Å². The van der Waals surface area contributed by atoms with Crippen LogP contribution in [0.3, 0.4) is 0 Å². The van der Waals surface area contributed by atoms with E-state index in [2.05, 4.69) is 21.2 Å². The molecule has 0 aromatic heterocycles. The molecule has 1 amide bonds. The van der Waals surface area contributed by atoms with Crippen LogP contribution in [0.4, 0.5) is 13.2 Å². The number of nitrogens with one attached hydrogen (secondary N) is 1. The molecule has 0 saturated heterocycles. The van der Waals surface area contributed by atoms with Gasteiger partial charge in [0.25, 0.3) is 0 Å². The first-order valence-electron chi connectivity index (χ1n) is 3.45. The van der Waals surface area contributed by atoms with Gasteiger partial charge in [0.15, 0.2) is 0 Å². The maximum absolute atomic E-state index is 11.6. The van der Waals surface area contributed by atoms with Crippen LogP contribution in [-0.2, 0) is 4.79 Å². The Labute approximate surface area is 86.8 Å². The lowest BCUT2D eigenvalue weighted by molar-refractivity contribution is -0.120. The fourth-order valence-corrected chi connectivity index (χ4v) is 1.08. The third-order valence-corrected chi connectivity index (χ3v) is 2.18. The van der Waals surface area contributed by atoms with Gasteiger partial charge in [-0.25, -0.2) is 0 Å². The van der Waals surface area contributed by atoms with E-state index >= 15 is 0 Å². The van der Waals surface area contributed by atoms with Crippen molar-refractivity contribution in [1.82, 2.24) is 5.32 Å². The summed E-state index contributed by atoms with van der Waals surface area (Å²) in [4.78, 5) is 10.4. The number of alkyl halides is 4. The molecule has 13 heavy (non-hydrogen) atoms. The quantitative estimate of drug-likeness (QED) is 0.631. The third-order valence-electron chi connectivity index (χ3n) is 1.03. The zero-order valence-corrected chi connectivity index (χ0v) is 9.22. The van der Waals surface area contributed by atoms with Gasteiger partial charge in [-0.05, 0) is 18.7 Å². The molecule has 0 fully saturated rings. The van der Waals surface area contributed by atoms with Gasteiger partial charge in [0.2, 0.25) is 5.91 Å². The minimum Gasteiger partial charge on any atom is -0.354 e. The van der Waals surface area contributed by atoms with Crippen LogP contribution in [-0.4, -0.2) is 28.5 Å². The van der Waals surface area contributed by atoms with E-state index in [0.717, 1.165) is 0 Å². The van der Waals surface area contributed by atoms with E-state index in [1.165, 1.54) is 0 Å². The van der Waals surface area contributed by atoms with Crippen molar-refractivity contribution in [3.05, 3.63) is 0 Å². The number of rotatable bonds is 4. The van der Waals surface area contributed by atoms with Gasteiger partial charge in [0, 0.05) is 12.3 Å².